The van der Waals surface area contributed by atoms with Crippen LogP contribution in [0.2, 0.25) is 0 Å². The van der Waals surface area contributed by atoms with Gasteiger partial charge in [-0.1, -0.05) is 18.2 Å². The second-order valence-corrected chi connectivity index (χ2v) is 3.91. The fourth-order valence-electron chi connectivity index (χ4n) is 1.11. The maximum atomic E-state index is 13.3. The van der Waals surface area contributed by atoms with Crippen molar-refractivity contribution in [2.75, 3.05) is 12.3 Å². The normalized spacial score (nSPS) is 9.94. The van der Waals surface area contributed by atoms with E-state index >= 15 is 0 Å². The maximum Gasteiger partial charge on any atom is 0.251 e. The van der Waals surface area contributed by atoms with E-state index in [2.05, 4.69) is 11.9 Å². The van der Waals surface area contributed by atoms with Crippen LogP contribution in [-0.4, -0.2) is 12.5 Å². The standard InChI is InChI=1S/C11H12ClFN2O/c1-6(12)5-15-11(16)8-3-9(13)7(2)10(14)4-8/h3-4H,1,5,14H2,2H3,(H,15,16). The van der Waals surface area contributed by atoms with Gasteiger partial charge in [0.1, 0.15) is 5.82 Å². The van der Waals surface area contributed by atoms with E-state index in [1.165, 1.54) is 6.07 Å². The first-order valence-electron chi connectivity index (χ1n) is 4.59. The summed E-state index contributed by atoms with van der Waals surface area (Å²) in [6, 6.07) is 2.56. The van der Waals surface area contributed by atoms with E-state index in [-0.39, 0.29) is 17.8 Å². The van der Waals surface area contributed by atoms with Crippen LogP contribution in [0.25, 0.3) is 0 Å². The molecule has 0 aromatic heterocycles. The van der Waals surface area contributed by atoms with Crippen LogP contribution < -0.4 is 11.1 Å². The van der Waals surface area contributed by atoms with Crippen LogP contribution in [-0.2, 0) is 0 Å². The number of hydrogen-bond acceptors (Lipinski definition) is 2. The van der Waals surface area contributed by atoms with E-state index in [0.717, 1.165) is 6.07 Å². The molecule has 0 saturated carbocycles. The van der Waals surface area contributed by atoms with Crippen LogP contribution in [0.1, 0.15) is 15.9 Å². The molecule has 1 amide bonds. The molecule has 0 saturated heterocycles. The highest BCUT2D eigenvalue weighted by Crippen LogP contribution is 2.17. The Morgan fingerprint density at radius 3 is 2.75 bits per heavy atom. The third-order valence-corrected chi connectivity index (χ3v) is 2.22. The Labute approximate surface area is 98.1 Å². The van der Waals surface area contributed by atoms with Crippen LogP contribution in [0.3, 0.4) is 0 Å². The van der Waals surface area contributed by atoms with Crippen LogP contribution in [0.15, 0.2) is 23.7 Å². The monoisotopic (exact) mass is 242 g/mol. The molecule has 0 spiro atoms. The van der Waals surface area contributed by atoms with Crippen molar-refractivity contribution in [3.05, 3.63) is 40.7 Å². The van der Waals surface area contributed by atoms with E-state index in [4.69, 9.17) is 17.3 Å². The van der Waals surface area contributed by atoms with E-state index in [1.807, 2.05) is 0 Å². The number of carbonyl (C=O) groups is 1. The Hall–Kier alpha value is -1.55. The molecule has 5 heteroatoms. The van der Waals surface area contributed by atoms with Crippen molar-refractivity contribution in [3.63, 3.8) is 0 Å². The molecule has 0 aliphatic heterocycles. The van der Waals surface area contributed by atoms with Crippen molar-refractivity contribution >= 4 is 23.2 Å². The lowest BCUT2D eigenvalue weighted by Gasteiger charge is -2.07. The summed E-state index contributed by atoms with van der Waals surface area (Å²) in [7, 11) is 0. The topological polar surface area (TPSA) is 55.1 Å². The minimum atomic E-state index is -0.505. The average Bonchev–Trinajstić information content (AvgIpc) is 2.21. The van der Waals surface area contributed by atoms with Crippen LogP contribution >= 0.6 is 11.6 Å². The Balaban J connectivity index is 2.88. The zero-order valence-corrected chi connectivity index (χ0v) is 9.57. The SMILES string of the molecule is C=C(Cl)CNC(=O)c1cc(N)c(C)c(F)c1. The number of carbonyl (C=O) groups excluding carboxylic acids is 1. The maximum absolute atomic E-state index is 13.3. The van der Waals surface area contributed by atoms with E-state index in [1.54, 1.807) is 6.92 Å². The van der Waals surface area contributed by atoms with E-state index in [9.17, 15) is 9.18 Å². The molecule has 1 rings (SSSR count). The zero-order valence-electron chi connectivity index (χ0n) is 8.81. The first-order valence-corrected chi connectivity index (χ1v) is 4.96. The summed E-state index contributed by atoms with van der Waals surface area (Å²) in [6.45, 7) is 5.11. The number of nitrogens with one attached hydrogen (secondary N) is 1. The number of nitrogens with two attached hydrogens (primary N) is 1. The molecule has 0 unspecified atom stereocenters. The number of halogens is 2. The molecule has 0 fully saturated rings. The van der Waals surface area contributed by atoms with Gasteiger partial charge < -0.3 is 11.1 Å². The number of amides is 1. The summed E-state index contributed by atoms with van der Waals surface area (Å²) in [4.78, 5) is 11.5. The Kier molecular flexibility index (Phi) is 3.90. The summed E-state index contributed by atoms with van der Waals surface area (Å²) >= 11 is 5.49. The van der Waals surface area contributed by atoms with Crippen molar-refractivity contribution in [2.24, 2.45) is 0 Å². The van der Waals surface area contributed by atoms with Crippen molar-refractivity contribution in [1.82, 2.24) is 5.32 Å². The molecular weight excluding hydrogens is 231 g/mol. The van der Waals surface area contributed by atoms with Gasteiger partial charge >= 0.3 is 0 Å². The quantitative estimate of drug-likeness (QED) is 0.799. The molecule has 3 nitrogen and oxygen atoms in total. The summed E-state index contributed by atoms with van der Waals surface area (Å²) < 4.78 is 13.3. The second-order valence-electron chi connectivity index (χ2n) is 3.37. The number of nitrogen functional groups attached to an aromatic ring is 1. The molecular formula is C11H12ClFN2O. The van der Waals surface area contributed by atoms with Gasteiger partial charge in [-0.3, -0.25) is 4.79 Å². The van der Waals surface area contributed by atoms with Gasteiger partial charge in [0.2, 0.25) is 0 Å². The molecule has 0 heterocycles. The summed E-state index contributed by atoms with van der Waals surface area (Å²) in [6.07, 6.45) is 0. The first-order chi connectivity index (χ1) is 7.41. The highest BCUT2D eigenvalue weighted by Gasteiger charge is 2.10. The summed E-state index contributed by atoms with van der Waals surface area (Å²) in [5, 5.41) is 2.78. The number of benzene rings is 1. The van der Waals surface area contributed by atoms with Gasteiger partial charge in [0.25, 0.3) is 5.91 Å². The molecule has 1 aromatic rings. The van der Waals surface area contributed by atoms with Crippen molar-refractivity contribution in [3.8, 4) is 0 Å². The molecule has 0 bridgehead atoms. The van der Waals surface area contributed by atoms with Gasteiger partial charge in [0, 0.05) is 21.8 Å². The number of hydrogen-bond donors (Lipinski definition) is 2. The minimum absolute atomic E-state index is 0.135. The fraction of sp³-hybridized carbons (Fsp3) is 0.182. The highest BCUT2D eigenvalue weighted by atomic mass is 35.5. The lowest BCUT2D eigenvalue weighted by Crippen LogP contribution is -2.24. The Morgan fingerprint density at radius 2 is 2.25 bits per heavy atom. The third kappa shape index (κ3) is 2.97. The van der Waals surface area contributed by atoms with Gasteiger partial charge in [0.15, 0.2) is 0 Å². The molecule has 1 aromatic carbocycles. The van der Waals surface area contributed by atoms with Crippen LogP contribution in [0, 0.1) is 12.7 Å². The van der Waals surface area contributed by atoms with Gasteiger partial charge in [-0.25, -0.2) is 4.39 Å². The van der Waals surface area contributed by atoms with Gasteiger partial charge in [0.05, 0.1) is 6.54 Å². The van der Waals surface area contributed by atoms with Gasteiger partial charge in [-0.2, -0.15) is 0 Å². The van der Waals surface area contributed by atoms with Gasteiger partial charge in [-0.05, 0) is 19.1 Å². The fourth-order valence-corrected chi connectivity index (χ4v) is 1.18. The number of rotatable bonds is 3. The Morgan fingerprint density at radius 1 is 1.62 bits per heavy atom. The molecule has 0 aliphatic rings. The number of anilines is 1. The lowest BCUT2D eigenvalue weighted by atomic mass is 10.1. The predicted molar refractivity (Wildman–Crippen MR) is 62.9 cm³/mol. The lowest BCUT2D eigenvalue weighted by molar-refractivity contribution is 0.0957. The van der Waals surface area contributed by atoms with Crippen molar-refractivity contribution < 1.29 is 9.18 Å². The third-order valence-electron chi connectivity index (χ3n) is 2.09. The Bertz CT molecular complexity index is 423. The minimum Gasteiger partial charge on any atom is -0.398 e. The molecule has 16 heavy (non-hydrogen) atoms. The summed E-state index contributed by atoms with van der Waals surface area (Å²) in [5.41, 5.74) is 6.29. The van der Waals surface area contributed by atoms with E-state index < -0.39 is 11.7 Å². The van der Waals surface area contributed by atoms with Crippen LogP contribution in [0.5, 0.6) is 0 Å². The molecule has 0 aliphatic carbocycles. The molecule has 3 N–H and O–H groups in total. The van der Waals surface area contributed by atoms with Gasteiger partial charge in [-0.15, -0.1) is 0 Å². The van der Waals surface area contributed by atoms with Crippen molar-refractivity contribution in [1.29, 1.82) is 0 Å². The highest BCUT2D eigenvalue weighted by molar-refractivity contribution is 6.29. The molecule has 0 radical (unpaired) electrons. The first kappa shape index (κ1) is 12.5. The zero-order chi connectivity index (χ0) is 12.3. The average molecular weight is 243 g/mol. The smallest absolute Gasteiger partial charge is 0.251 e. The predicted octanol–water partition coefficient (Wildman–Crippen LogP) is 2.20. The summed E-state index contributed by atoms with van der Waals surface area (Å²) in [5.74, 6) is -0.942. The second kappa shape index (κ2) is 4.99. The van der Waals surface area contributed by atoms with Crippen molar-refractivity contribution in [2.45, 2.75) is 6.92 Å². The largest absolute Gasteiger partial charge is 0.398 e. The molecule has 0 atom stereocenters. The molecule has 86 valence electrons. The van der Waals surface area contributed by atoms with Crippen LogP contribution in [0.4, 0.5) is 10.1 Å². The van der Waals surface area contributed by atoms with E-state index in [0.29, 0.717) is 10.6 Å².